The number of thioether (sulfide) groups is 1. The summed E-state index contributed by atoms with van der Waals surface area (Å²) in [5.74, 6) is -0.415. The Labute approximate surface area is 160 Å². The quantitative estimate of drug-likeness (QED) is 0.203. The van der Waals surface area contributed by atoms with Crippen molar-refractivity contribution in [3.63, 3.8) is 0 Å². The van der Waals surface area contributed by atoms with Gasteiger partial charge in [0.1, 0.15) is 30.5 Å². The van der Waals surface area contributed by atoms with E-state index in [0.29, 0.717) is 0 Å². The minimum absolute atomic E-state index is 0.00569. The van der Waals surface area contributed by atoms with Crippen LogP contribution in [-0.4, -0.2) is 116 Å². The van der Waals surface area contributed by atoms with E-state index in [1.807, 2.05) is 0 Å². The minimum atomic E-state index is -1.34. The Kier molecular flexibility index (Phi) is 8.24. The van der Waals surface area contributed by atoms with Crippen molar-refractivity contribution in [1.29, 1.82) is 0 Å². The van der Waals surface area contributed by atoms with E-state index in [0.717, 1.165) is 11.8 Å². The second-order valence-electron chi connectivity index (χ2n) is 6.65. The standard InChI is InChI=1S/C15H28N2O9S/c1-5(19)17-8-10(22)9(21)7(26-15(8)25-2)3-16-14-12(24)11(23)13(27-14)6(20)4-18/h6-16,18,20-24H,3-4H2,1-2H3,(H,17,19)/t6-,7-,8-,9-,10-,11-,12-,13+,14-,15-/m1/s1. The predicted molar refractivity (Wildman–Crippen MR) is 93.6 cm³/mol. The molecule has 27 heavy (non-hydrogen) atoms. The van der Waals surface area contributed by atoms with Crippen molar-refractivity contribution in [2.45, 2.75) is 66.5 Å². The Morgan fingerprint density at radius 3 is 2.41 bits per heavy atom. The molecule has 0 aromatic heterocycles. The summed E-state index contributed by atoms with van der Waals surface area (Å²) in [6, 6.07) is -0.948. The number of hydrogen-bond donors (Lipinski definition) is 8. The first-order valence-electron chi connectivity index (χ1n) is 8.56. The molecule has 0 unspecified atom stereocenters. The predicted octanol–water partition coefficient (Wildman–Crippen LogP) is -4.31. The van der Waals surface area contributed by atoms with Crippen molar-refractivity contribution in [3.8, 4) is 0 Å². The molecule has 2 aliphatic heterocycles. The summed E-state index contributed by atoms with van der Waals surface area (Å²) in [6.07, 6.45) is -8.23. The number of amides is 1. The summed E-state index contributed by atoms with van der Waals surface area (Å²) in [6.45, 7) is 0.708. The summed E-state index contributed by atoms with van der Waals surface area (Å²) in [7, 11) is 1.34. The summed E-state index contributed by atoms with van der Waals surface area (Å²) >= 11 is 1.06. The number of aliphatic hydroxyl groups is 6. The van der Waals surface area contributed by atoms with Gasteiger partial charge in [0.15, 0.2) is 6.29 Å². The van der Waals surface area contributed by atoms with E-state index >= 15 is 0 Å². The average molecular weight is 412 g/mol. The molecule has 2 rings (SSSR count). The van der Waals surface area contributed by atoms with Gasteiger partial charge in [0.25, 0.3) is 0 Å². The molecule has 0 saturated carbocycles. The molecule has 2 aliphatic rings. The van der Waals surface area contributed by atoms with Crippen LogP contribution in [0.4, 0.5) is 0 Å². The maximum atomic E-state index is 11.3. The van der Waals surface area contributed by atoms with Crippen LogP contribution in [0.1, 0.15) is 6.92 Å². The Bertz CT molecular complexity index is 500. The highest BCUT2D eigenvalue weighted by atomic mass is 32.2. The second-order valence-corrected chi connectivity index (χ2v) is 7.97. The number of ether oxygens (including phenoxy) is 2. The molecule has 0 aromatic rings. The van der Waals surface area contributed by atoms with E-state index in [4.69, 9.17) is 14.6 Å². The smallest absolute Gasteiger partial charge is 0.217 e. The van der Waals surface area contributed by atoms with Gasteiger partial charge in [0.05, 0.1) is 29.4 Å². The molecule has 2 heterocycles. The van der Waals surface area contributed by atoms with Crippen LogP contribution in [0.2, 0.25) is 0 Å². The summed E-state index contributed by atoms with van der Waals surface area (Å²) in [5.41, 5.74) is 0. The van der Waals surface area contributed by atoms with E-state index in [-0.39, 0.29) is 6.54 Å². The Balaban J connectivity index is 1.96. The molecule has 12 heteroatoms. The summed E-state index contributed by atoms with van der Waals surface area (Å²) in [5, 5.41) is 63.3. The zero-order chi connectivity index (χ0) is 20.3. The van der Waals surface area contributed by atoms with Crippen molar-refractivity contribution in [2.75, 3.05) is 20.3 Å². The lowest BCUT2D eigenvalue weighted by molar-refractivity contribution is -0.255. The first-order chi connectivity index (χ1) is 12.7. The lowest BCUT2D eigenvalue weighted by Crippen LogP contribution is -2.65. The van der Waals surface area contributed by atoms with Crippen molar-refractivity contribution in [3.05, 3.63) is 0 Å². The van der Waals surface area contributed by atoms with E-state index < -0.39 is 72.1 Å². The normalized spacial score (nSPS) is 43.5. The molecule has 158 valence electrons. The topological polar surface area (TPSA) is 181 Å². The van der Waals surface area contributed by atoms with Crippen molar-refractivity contribution >= 4 is 17.7 Å². The molecule has 1 amide bonds. The number of nitrogens with one attached hydrogen (secondary N) is 2. The fourth-order valence-corrected chi connectivity index (χ4v) is 4.66. The largest absolute Gasteiger partial charge is 0.394 e. The van der Waals surface area contributed by atoms with Crippen molar-refractivity contribution in [2.24, 2.45) is 0 Å². The molecule has 0 aromatic carbocycles. The highest BCUT2D eigenvalue weighted by molar-refractivity contribution is 8.00. The van der Waals surface area contributed by atoms with Gasteiger partial charge in [-0.25, -0.2) is 0 Å². The Morgan fingerprint density at radius 1 is 1.19 bits per heavy atom. The number of aliphatic hydroxyl groups excluding tert-OH is 6. The van der Waals surface area contributed by atoms with Gasteiger partial charge in [-0.15, -0.1) is 11.8 Å². The summed E-state index contributed by atoms with van der Waals surface area (Å²) in [4.78, 5) is 11.3. The number of carbonyl (C=O) groups excluding carboxylic acids is 1. The third-order valence-corrected chi connectivity index (χ3v) is 6.34. The zero-order valence-electron chi connectivity index (χ0n) is 15.0. The van der Waals surface area contributed by atoms with Crippen LogP contribution in [0.15, 0.2) is 0 Å². The van der Waals surface area contributed by atoms with Gasteiger partial charge in [-0.3, -0.25) is 4.79 Å². The molecule has 2 fully saturated rings. The zero-order valence-corrected chi connectivity index (χ0v) is 15.8. The van der Waals surface area contributed by atoms with Crippen LogP contribution in [0.3, 0.4) is 0 Å². The highest BCUT2D eigenvalue weighted by Gasteiger charge is 2.48. The number of carbonyl (C=O) groups is 1. The lowest BCUT2D eigenvalue weighted by atomic mass is 9.96. The van der Waals surface area contributed by atoms with Gasteiger partial charge >= 0.3 is 0 Å². The molecular formula is C15H28N2O9S. The van der Waals surface area contributed by atoms with E-state index in [9.17, 15) is 30.3 Å². The maximum absolute atomic E-state index is 11.3. The minimum Gasteiger partial charge on any atom is -0.394 e. The third-order valence-electron chi connectivity index (χ3n) is 4.69. The molecule has 0 radical (unpaired) electrons. The third kappa shape index (κ3) is 5.09. The van der Waals surface area contributed by atoms with Gasteiger partial charge in [-0.1, -0.05) is 0 Å². The van der Waals surface area contributed by atoms with Crippen molar-refractivity contribution < 1.29 is 44.9 Å². The fraction of sp³-hybridized carbons (Fsp3) is 0.933. The first-order valence-corrected chi connectivity index (χ1v) is 9.50. The van der Waals surface area contributed by atoms with Crippen molar-refractivity contribution in [1.82, 2.24) is 10.6 Å². The molecule has 11 nitrogen and oxygen atoms in total. The molecule has 0 spiro atoms. The summed E-state index contributed by atoms with van der Waals surface area (Å²) < 4.78 is 10.7. The van der Waals surface area contributed by atoms with Crippen LogP contribution in [0, 0.1) is 0 Å². The van der Waals surface area contributed by atoms with Gasteiger partial charge < -0.3 is 50.7 Å². The molecule has 0 aliphatic carbocycles. The molecule has 0 bridgehead atoms. The lowest BCUT2D eigenvalue weighted by Gasteiger charge is -2.42. The van der Waals surface area contributed by atoms with Gasteiger partial charge in [0.2, 0.25) is 5.91 Å². The molecule has 2 saturated heterocycles. The Morgan fingerprint density at radius 2 is 1.85 bits per heavy atom. The fourth-order valence-electron chi connectivity index (χ4n) is 3.22. The van der Waals surface area contributed by atoms with Crippen LogP contribution in [0.5, 0.6) is 0 Å². The van der Waals surface area contributed by atoms with E-state index in [1.54, 1.807) is 0 Å². The number of methoxy groups -OCH3 is 1. The van der Waals surface area contributed by atoms with Gasteiger partial charge in [0, 0.05) is 20.6 Å². The first kappa shape index (κ1) is 22.7. The van der Waals surface area contributed by atoms with E-state index in [2.05, 4.69) is 10.6 Å². The maximum Gasteiger partial charge on any atom is 0.217 e. The number of hydrogen-bond acceptors (Lipinski definition) is 11. The Hall–Kier alpha value is -0.540. The molecule has 10 atom stereocenters. The number of rotatable bonds is 7. The average Bonchev–Trinajstić information content (AvgIpc) is 2.92. The molecular weight excluding hydrogens is 384 g/mol. The van der Waals surface area contributed by atoms with Gasteiger partial charge in [-0.05, 0) is 0 Å². The SMILES string of the molecule is CO[C@@H]1O[C@H](CN[C@@H]2S[C@@H]([C@H](O)CO)[C@H](O)[C@H]2O)[C@@H](O)[C@H](O)[C@H]1NC(C)=O. The van der Waals surface area contributed by atoms with Crippen LogP contribution >= 0.6 is 11.8 Å². The van der Waals surface area contributed by atoms with E-state index in [1.165, 1.54) is 14.0 Å². The van der Waals surface area contributed by atoms with Crippen LogP contribution in [0.25, 0.3) is 0 Å². The molecule has 8 N–H and O–H groups in total. The van der Waals surface area contributed by atoms with Gasteiger partial charge in [-0.2, -0.15) is 0 Å². The monoisotopic (exact) mass is 412 g/mol. The second kappa shape index (κ2) is 9.78. The highest BCUT2D eigenvalue weighted by Crippen LogP contribution is 2.35. The van der Waals surface area contributed by atoms with Crippen LogP contribution in [-0.2, 0) is 14.3 Å². The van der Waals surface area contributed by atoms with Crippen LogP contribution < -0.4 is 10.6 Å².